The summed E-state index contributed by atoms with van der Waals surface area (Å²) >= 11 is 0. The lowest BCUT2D eigenvalue weighted by atomic mass is 10.2. The lowest BCUT2D eigenvalue weighted by molar-refractivity contribution is 0.0944. The molecule has 2 N–H and O–H groups in total. The summed E-state index contributed by atoms with van der Waals surface area (Å²) < 4.78 is 5.45. The van der Waals surface area contributed by atoms with E-state index in [0.29, 0.717) is 24.1 Å². The molecular weight excluding hydrogens is 342 g/mol. The zero-order chi connectivity index (χ0) is 19.2. The summed E-state index contributed by atoms with van der Waals surface area (Å²) in [6, 6.07) is 9.75. The third-order valence-corrected chi connectivity index (χ3v) is 4.26. The monoisotopic (exact) mass is 369 g/mol. The molecule has 7 nitrogen and oxygen atoms in total. The maximum atomic E-state index is 12.4. The van der Waals surface area contributed by atoms with E-state index in [0.717, 1.165) is 43.4 Å². The van der Waals surface area contributed by atoms with E-state index in [-0.39, 0.29) is 5.91 Å². The van der Waals surface area contributed by atoms with Gasteiger partial charge in [-0.05, 0) is 31.0 Å². The normalized spacial score (nSPS) is 14.3. The van der Waals surface area contributed by atoms with Crippen LogP contribution in [0.2, 0.25) is 0 Å². The molecule has 1 saturated heterocycles. The van der Waals surface area contributed by atoms with Crippen LogP contribution < -0.4 is 15.5 Å². The van der Waals surface area contributed by atoms with E-state index in [9.17, 15) is 4.79 Å². The van der Waals surface area contributed by atoms with Crippen LogP contribution >= 0.6 is 0 Å². The van der Waals surface area contributed by atoms with E-state index in [1.165, 1.54) is 0 Å². The molecule has 0 saturated carbocycles. The second-order valence-corrected chi connectivity index (χ2v) is 7.06. The maximum Gasteiger partial charge on any atom is 0.270 e. The molecule has 1 aliphatic rings. The van der Waals surface area contributed by atoms with Crippen molar-refractivity contribution in [2.24, 2.45) is 5.92 Å². The average molecular weight is 369 g/mol. The molecule has 27 heavy (non-hydrogen) atoms. The molecule has 1 aromatic heterocycles. The first-order valence-corrected chi connectivity index (χ1v) is 9.35. The van der Waals surface area contributed by atoms with Crippen molar-refractivity contribution in [3.8, 4) is 0 Å². The topological polar surface area (TPSA) is 79.4 Å². The number of para-hydroxylation sites is 2. The van der Waals surface area contributed by atoms with Crippen LogP contribution in [0.4, 0.5) is 17.3 Å². The lowest BCUT2D eigenvalue weighted by Gasteiger charge is -2.30. The van der Waals surface area contributed by atoms with Crippen LogP contribution in [0.5, 0.6) is 0 Å². The molecule has 1 amide bonds. The Morgan fingerprint density at radius 1 is 1.22 bits per heavy atom. The summed E-state index contributed by atoms with van der Waals surface area (Å²) in [6.45, 7) is 9.71. The number of hydrogen-bond acceptors (Lipinski definition) is 6. The molecule has 3 rings (SSSR count). The number of aryl methyl sites for hydroxylation is 1. The van der Waals surface area contributed by atoms with Crippen molar-refractivity contribution in [2.45, 2.75) is 20.8 Å². The van der Waals surface area contributed by atoms with Gasteiger partial charge in [-0.15, -0.1) is 0 Å². The zero-order valence-corrected chi connectivity index (χ0v) is 16.2. The number of aromatic nitrogens is 2. The fourth-order valence-corrected chi connectivity index (χ4v) is 2.91. The highest BCUT2D eigenvalue weighted by Crippen LogP contribution is 2.28. The number of nitrogens with zero attached hydrogens (tertiary/aromatic N) is 3. The molecule has 1 aliphatic heterocycles. The summed E-state index contributed by atoms with van der Waals surface area (Å²) in [5.41, 5.74) is 3.11. The molecule has 0 bridgehead atoms. The third-order valence-electron chi connectivity index (χ3n) is 4.26. The Hall–Kier alpha value is -2.67. The number of morpholine rings is 1. The second kappa shape index (κ2) is 8.81. The predicted octanol–water partition coefficient (Wildman–Crippen LogP) is 2.75. The molecule has 2 heterocycles. The van der Waals surface area contributed by atoms with Gasteiger partial charge in [-0.1, -0.05) is 26.0 Å². The van der Waals surface area contributed by atoms with Crippen molar-refractivity contribution in [3.63, 3.8) is 0 Å². The Morgan fingerprint density at radius 3 is 2.70 bits per heavy atom. The van der Waals surface area contributed by atoms with Gasteiger partial charge in [0.15, 0.2) is 0 Å². The first-order valence-electron chi connectivity index (χ1n) is 9.35. The predicted molar refractivity (Wildman–Crippen MR) is 107 cm³/mol. The number of anilines is 3. The Morgan fingerprint density at radius 2 is 1.96 bits per heavy atom. The van der Waals surface area contributed by atoms with E-state index in [4.69, 9.17) is 4.74 Å². The Kier molecular flexibility index (Phi) is 6.24. The van der Waals surface area contributed by atoms with Gasteiger partial charge < -0.3 is 20.3 Å². The van der Waals surface area contributed by atoms with E-state index >= 15 is 0 Å². The van der Waals surface area contributed by atoms with E-state index in [2.05, 4.69) is 45.4 Å². The first-order chi connectivity index (χ1) is 13.0. The van der Waals surface area contributed by atoms with Gasteiger partial charge in [0.1, 0.15) is 5.69 Å². The van der Waals surface area contributed by atoms with Gasteiger partial charge in [-0.3, -0.25) is 4.79 Å². The van der Waals surface area contributed by atoms with Crippen molar-refractivity contribution >= 4 is 23.2 Å². The summed E-state index contributed by atoms with van der Waals surface area (Å²) in [4.78, 5) is 23.5. The minimum atomic E-state index is -0.182. The number of rotatable bonds is 6. The van der Waals surface area contributed by atoms with E-state index in [1.807, 2.05) is 25.1 Å². The van der Waals surface area contributed by atoms with Gasteiger partial charge in [0.05, 0.1) is 24.6 Å². The van der Waals surface area contributed by atoms with E-state index < -0.39 is 0 Å². The molecule has 1 fully saturated rings. The standard InChI is InChI=1S/C20H27N5O2/c1-14(2)13-21-19(26)17-12-15(3)22-20(24-17)23-16-6-4-5-7-18(16)25-8-10-27-11-9-25/h4-7,12,14H,8-11,13H2,1-3H3,(H,21,26)(H,22,23,24). The first kappa shape index (κ1) is 19.1. The van der Waals surface area contributed by atoms with Gasteiger partial charge >= 0.3 is 0 Å². The molecule has 0 atom stereocenters. The molecule has 144 valence electrons. The van der Waals surface area contributed by atoms with Gasteiger partial charge in [-0.25, -0.2) is 9.97 Å². The Bertz CT molecular complexity index is 788. The van der Waals surface area contributed by atoms with Crippen molar-refractivity contribution < 1.29 is 9.53 Å². The molecule has 7 heteroatoms. The molecule has 0 aliphatic carbocycles. The molecule has 0 unspecified atom stereocenters. The highest BCUT2D eigenvalue weighted by molar-refractivity contribution is 5.92. The smallest absolute Gasteiger partial charge is 0.270 e. The van der Waals surface area contributed by atoms with Crippen molar-refractivity contribution in [3.05, 3.63) is 41.7 Å². The van der Waals surface area contributed by atoms with Gasteiger partial charge in [0.25, 0.3) is 5.91 Å². The van der Waals surface area contributed by atoms with Crippen LogP contribution in [0.3, 0.4) is 0 Å². The molecular formula is C20H27N5O2. The van der Waals surface area contributed by atoms with Crippen molar-refractivity contribution in [1.29, 1.82) is 0 Å². The number of amides is 1. The molecule has 0 radical (unpaired) electrons. The van der Waals surface area contributed by atoms with Crippen LogP contribution in [0.15, 0.2) is 30.3 Å². The van der Waals surface area contributed by atoms with Crippen LogP contribution in [0.25, 0.3) is 0 Å². The third kappa shape index (κ3) is 5.17. The minimum absolute atomic E-state index is 0.182. The SMILES string of the molecule is Cc1cc(C(=O)NCC(C)C)nc(Nc2ccccc2N2CCOCC2)n1. The van der Waals surface area contributed by atoms with Gasteiger partial charge in [0, 0.05) is 25.3 Å². The van der Waals surface area contributed by atoms with Gasteiger partial charge in [0.2, 0.25) is 5.95 Å². The summed E-state index contributed by atoms with van der Waals surface area (Å²) in [5.74, 6) is 0.624. The maximum absolute atomic E-state index is 12.4. The van der Waals surface area contributed by atoms with Crippen LogP contribution in [-0.2, 0) is 4.74 Å². The minimum Gasteiger partial charge on any atom is -0.378 e. The fourth-order valence-electron chi connectivity index (χ4n) is 2.91. The molecule has 1 aromatic carbocycles. The number of carbonyl (C=O) groups excluding carboxylic acids is 1. The molecule has 2 aromatic rings. The summed E-state index contributed by atoms with van der Waals surface area (Å²) in [5, 5.41) is 6.19. The highest BCUT2D eigenvalue weighted by Gasteiger charge is 2.16. The Labute approximate surface area is 160 Å². The second-order valence-electron chi connectivity index (χ2n) is 7.06. The summed E-state index contributed by atoms with van der Waals surface area (Å²) in [7, 11) is 0. The highest BCUT2D eigenvalue weighted by atomic mass is 16.5. The van der Waals surface area contributed by atoms with Crippen molar-refractivity contribution in [1.82, 2.24) is 15.3 Å². The summed E-state index contributed by atoms with van der Waals surface area (Å²) in [6.07, 6.45) is 0. The lowest BCUT2D eigenvalue weighted by Crippen LogP contribution is -2.36. The van der Waals surface area contributed by atoms with E-state index in [1.54, 1.807) is 6.07 Å². The zero-order valence-electron chi connectivity index (χ0n) is 16.2. The van der Waals surface area contributed by atoms with Gasteiger partial charge in [-0.2, -0.15) is 0 Å². The van der Waals surface area contributed by atoms with Crippen molar-refractivity contribution in [2.75, 3.05) is 43.1 Å². The number of carbonyl (C=O) groups is 1. The number of nitrogens with one attached hydrogen (secondary N) is 2. The fraction of sp³-hybridized carbons (Fsp3) is 0.450. The Balaban J connectivity index is 1.81. The van der Waals surface area contributed by atoms with Crippen LogP contribution in [-0.4, -0.2) is 48.7 Å². The number of ether oxygens (including phenoxy) is 1. The number of hydrogen-bond donors (Lipinski definition) is 2. The van der Waals surface area contributed by atoms with Crippen LogP contribution in [0.1, 0.15) is 30.0 Å². The largest absolute Gasteiger partial charge is 0.378 e. The molecule has 0 spiro atoms. The van der Waals surface area contributed by atoms with Crippen LogP contribution in [0, 0.1) is 12.8 Å². The number of benzene rings is 1. The average Bonchev–Trinajstić information content (AvgIpc) is 2.66. The quantitative estimate of drug-likeness (QED) is 0.815.